The van der Waals surface area contributed by atoms with E-state index in [-0.39, 0.29) is 24.8 Å². The number of hydrogen-bond acceptors (Lipinski definition) is 3. The van der Waals surface area contributed by atoms with Crippen molar-refractivity contribution in [3.63, 3.8) is 0 Å². The molecule has 0 spiro atoms. The van der Waals surface area contributed by atoms with E-state index in [0.717, 1.165) is 24.0 Å². The van der Waals surface area contributed by atoms with Crippen molar-refractivity contribution >= 4 is 34.9 Å². The van der Waals surface area contributed by atoms with Crippen LogP contribution in [0.1, 0.15) is 16.7 Å². The van der Waals surface area contributed by atoms with Gasteiger partial charge in [-0.25, -0.2) is 4.39 Å². The summed E-state index contributed by atoms with van der Waals surface area (Å²) in [5.74, 6) is 0.935. The van der Waals surface area contributed by atoms with Gasteiger partial charge < -0.3 is 19.8 Å². The molecule has 2 N–H and O–H groups in total. The number of ether oxygens (including phenoxy) is 2. The summed E-state index contributed by atoms with van der Waals surface area (Å²) in [6, 6.07) is 18.4. The summed E-state index contributed by atoms with van der Waals surface area (Å²) in [7, 11) is 1.61. The molecule has 4 nitrogen and oxygen atoms in total. The van der Waals surface area contributed by atoms with Gasteiger partial charge in [0, 0.05) is 34.8 Å². The molecular weight excluding hydrogens is 450 g/mol. The van der Waals surface area contributed by atoms with Crippen LogP contribution in [0.2, 0.25) is 5.02 Å². The molecule has 1 aromatic heterocycles. The monoisotopic (exact) mass is 474 g/mol. The first-order chi connectivity index (χ1) is 15.2. The van der Waals surface area contributed by atoms with Crippen LogP contribution in [0.5, 0.6) is 11.5 Å². The summed E-state index contributed by atoms with van der Waals surface area (Å²) in [6.07, 6.45) is 2.98. The van der Waals surface area contributed by atoms with Crippen LogP contribution in [0.3, 0.4) is 0 Å². The number of methoxy groups -OCH3 is 1. The summed E-state index contributed by atoms with van der Waals surface area (Å²) < 4.78 is 24.8. The number of aromatic amines is 1. The van der Waals surface area contributed by atoms with E-state index in [4.69, 9.17) is 21.1 Å². The molecule has 0 saturated carbocycles. The standard InChI is InChI=1S/C25H24ClFN2O2.ClH/c1-30-24-8-4-5-18(25(24)31-16-19-9-10-20(27)13-22(19)26)14-28-12-11-17-15-29-23-7-3-2-6-21(17)23;/h2-10,13,15,28-29H,11-12,14,16H2,1H3;1H. The number of para-hydroxylation sites is 2. The molecular formula is C25H25Cl2FN2O2. The number of fused-ring (bicyclic) bond motifs is 1. The highest BCUT2D eigenvalue weighted by molar-refractivity contribution is 6.31. The molecule has 1 heterocycles. The minimum atomic E-state index is -0.369. The molecule has 7 heteroatoms. The third kappa shape index (κ3) is 5.54. The van der Waals surface area contributed by atoms with E-state index in [1.165, 1.54) is 23.1 Å². The summed E-state index contributed by atoms with van der Waals surface area (Å²) in [4.78, 5) is 3.31. The molecule has 0 radical (unpaired) electrons. The van der Waals surface area contributed by atoms with E-state index in [1.807, 2.05) is 24.3 Å². The highest BCUT2D eigenvalue weighted by Gasteiger charge is 2.12. The van der Waals surface area contributed by atoms with Crippen molar-refractivity contribution in [1.29, 1.82) is 0 Å². The van der Waals surface area contributed by atoms with Gasteiger partial charge in [0.15, 0.2) is 11.5 Å². The second-order valence-electron chi connectivity index (χ2n) is 7.26. The normalized spacial score (nSPS) is 10.7. The third-order valence-electron chi connectivity index (χ3n) is 5.23. The Morgan fingerprint density at radius 2 is 1.84 bits per heavy atom. The molecule has 0 aliphatic carbocycles. The number of hydrogen-bond donors (Lipinski definition) is 2. The predicted octanol–water partition coefficient (Wildman–Crippen LogP) is 6.30. The molecule has 32 heavy (non-hydrogen) atoms. The van der Waals surface area contributed by atoms with Crippen molar-refractivity contribution in [1.82, 2.24) is 10.3 Å². The number of rotatable bonds is 9. The summed E-state index contributed by atoms with van der Waals surface area (Å²) >= 11 is 6.14. The highest BCUT2D eigenvalue weighted by Crippen LogP contribution is 2.32. The Kier molecular flexibility index (Phi) is 8.39. The van der Waals surface area contributed by atoms with Gasteiger partial charge in [-0.2, -0.15) is 0 Å². The van der Waals surface area contributed by atoms with Crippen LogP contribution in [-0.4, -0.2) is 18.6 Å². The third-order valence-corrected chi connectivity index (χ3v) is 5.58. The Labute approximate surface area is 198 Å². The zero-order chi connectivity index (χ0) is 21.6. The van der Waals surface area contributed by atoms with E-state index in [1.54, 1.807) is 13.2 Å². The fraction of sp³-hybridized carbons (Fsp3) is 0.200. The molecule has 0 aliphatic heterocycles. The van der Waals surface area contributed by atoms with Crippen molar-refractivity contribution in [2.75, 3.05) is 13.7 Å². The van der Waals surface area contributed by atoms with Crippen LogP contribution in [0.4, 0.5) is 4.39 Å². The van der Waals surface area contributed by atoms with Crippen molar-refractivity contribution in [3.8, 4) is 11.5 Å². The van der Waals surface area contributed by atoms with Gasteiger partial charge in [-0.1, -0.05) is 48.0 Å². The lowest BCUT2D eigenvalue weighted by Gasteiger charge is -2.16. The second kappa shape index (κ2) is 11.2. The van der Waals surface area contributed by atoms with Crippen molar-refractivity contribution < 1.29 is 13.9 Å². The van der Waals surface area contributed by atoms with Crippen LogP contribution in [0, 0.1) is 5.82 Å². The zero-order valence-electron chi connectivity index (χ0n) is 17.7. The smallest absolute Gasteiger partial charge is 0.166 e. The van der Waals surface area contributed by atoms with Gasteiger partial charge in [0.25, 0.3) is 0 Å². The average Bonchev–Trinajstić information content (AvgIpc) is 3.19. The lowest BCUT2D eigenvalue weighted by atomic mass is 10.1. The number of H-pyrrole nitrogens is 1. The van der Waals surface area contributed by atoms with Gasteiger partial charge in [-0.05, 0) is 42.8 Å². The molecule has 0 amide bonds. The SMILES string of the molecule is COc1cccc(CNCCc2c[nH]c3ccccc23)c1OCc1ccc(F)cc1Cl.Cl. The second-order valence-corrected chi connectivity index (χ2v) is 7.67. The first-order valence-corrected chi connectivity index (χ1v) is 10.5. The lowest BCUT2D eigenvalue weighted by molar-refractivity contribution is 0.280. The Balaban J connectivity index is 0.00000289. The molecule has 0 bridgehead atoms. The van der Waals surface area contributed by atoms with Gasteiger partial charge in [0.1, 0.15) is 12.4 Å². The maximum Gasteiger partial charge on any atom is 0.166 e. The van der Waals surface area contributed by atoms with Crippen LogP contribution in [-0.2, 0) is 19.6 Å². The van der Waals surface area contributed by atoms with E-state index in [9.17, 15) is 4.39 Å². The summed E-state index contributed by atoms with van der Waals surface area (Å²) in [6.45, 7) is 1.68. The van der Waals surface area contributed by atoms with E-state index in [0.29, 0.717) is 28.6 Å². The molecule has 0 saturated heterocycles. The number of aromatic nitrogens is 1. The van der Waals surface area contributed by atoms with E-state index < -0.39 is 0 Å². The van der Waals surface area contributed by atoms with Gasteiger partial charge in [0.2, 0.25) is 0 Å². The Morgan fingerprint density at radius 3 is 2.66 bits per heavy atom. The van der Waals surface area contributed by atoms with E-state index >= 15 is 0 Å². The largest absolute Gasteiger partial charge is 0.493 e. The first-order valence-electron chi connectivity index (χ1n) is 10.1. The molecule has 0 atom stereocenters. The fourth-order valence-electron chi connectivity index (χ4n) is 3.60. The molecule has 0 unspecified atom stereocenters. The Bertz CT molecular complexity index is 1180. The maximum atomic E-state index is 13.3. The van der Waals surface area contributed by atoms with Crippen LogP contribution in [0.25, 0.3) is 10.9 Å². The van der Waals surface area contributed by atoms with Gasteiger partial charge >= 0.3 is 0 Å². The van der Waals surface area contributed by atoms with Crippen LogP contribution < -0.4 is 14.8 Å². The minimum absolute atomic E-state index is 0. The van der Waals surface area contributed by atoms with Gasteiger partial charge in [0.05, 0.1) is 12.1 Å². The fourth-order valence-corrected chi connectivity index (χ4v) is 3.82. The molecule has 0 aliphatic rings. The minimum Gasteiger partial charge on any atom is -0.493 e. The van der Waals surface area contributed by atoms with Crippen molar-refractivity contribution in [3.05, 3.63) is 94.4 Å². The summed E-state index contributed by atoms with van der Waals surface area (Å²) in [5.41, 5.74) is 4.14. The average molecular weight is 475 g/mol. The molecule has 3 aromatic carbocycles. The summed E-state index contributed by atoms with van der Waals surface area (Å²) in [5, 5.41) is 5.08. The predicted molar refractivity (Wildman–Crippen MR) is 130 cm³/mol. The molecule has 4 aromatic rings. The Morgan fingerprint density at radius 1 is 1.00 bits per heavy atom. The van der Waals surface area contributed by atoms with Crippen LogP contribution >= 0.6 is 24.0 Å². The number of halogens is 3. The first kappa shape index (κ1) is 23.9. The maximum absolute atomic E-state index is 13.3. The molecule has 0 fully saturated rings. The molecule has 4 rings (SSSR count). The van der Waals surface area contributed by atoms with Gasteiger partial charge in [-0.15, -0.1) is 12.4 Å². The zero-order valence-corrected chi connectivity index (χ0v) is 19.2. The Hall–Kier alpha value is -2.73. The quantitative estimate of drug-likeness (QED) is 0.279. The van der Waals surface area contributed by atoms with Crippen LogP contribution in [0.15, 0.2) is 66.9 Å². The topological polar surface area (TPSA) is 46.3 Å². The number of benzene rings is 3. The van der Waals surface area contributed by atoms with E-state index in [2.05, 4.69) is 34.7 Å². The highest BCUT2D eigenvalue weighted by atomic mass is 35.5. The van der Waals surface area contributed by atoms with Crippen molar-refractivity contribution in [2.24, 2.45) is 0 Å². The molecule has 168 valence electrons. The number of nitrogens with one attached hydrogen (secondary N) is 2. The lowest BCUT2D eigenvalue weighted by Crippen LogP contribution is -2.17. The van der Waals surface area contributed by atoms with Gasteiger partial charge in [-0.3, -0.25) is 0 Å². The van der Waals surface area contributed by atoms with Crippen molar-refractivity contribution in [2.45, 2.75) is 19.6 Å².